The van der Waals surface area contributed by atoms with Crippen LogP contribution in [0.3, 0.4) is 0 Å². The third kappa shape index (κ3) is 5.74. The summed E-state index contributed by atoms with van der Waals surface area (Å²) in [6.07, 6.45) is 2.41. The van der Waals surface area contributed by atoms with Crippen molar-refractivity contribution in [2.45, 2.75) is 45.4 Å². The van der Waals surface area contributed by atoms with E-state index in [2.05, 4.69) is 20.3 Å². The van der Waals surface area contributed by atoms with Crippen LogP contribution < -0.4 is 11.1 Å². The molecule has 0 spiro atoms. The van der Waals surface area contributed by atoms with Gasteiger partial charge in [-0.3, -0.25) is 0 Å². The number of nitrogens with two attached hydrogens (primary N) is 1. The molecule has 0 unspecified atom stereocenters. The summed E-state index contributed by atoms with van der Waals surface area (Å²) in [5, 5.41) is 2.99. The Morgan fingerprint density at radius 2 is 2.06 bits per heavy atom. The number of nitrogens with one attached hydrogen (secondary N) is 1. The van der Waals surface area contributed by atoms with Crippen molar-refractivity contribution >= 4 is 46.3 Å². The number of anilines is 1. The van der Waals surface area contributed by atoms with Gasteiger partial charge in [-0.1, -0.05) is 29.8 Å². The molecule has 2 aromatic heterocycles. The molecule has 31 heavy (non-hydrogen) atoms. The summed E-state index contributed by atoms with van der Waals surface area (Å²) in [5.41, 5.74) is 6.27. The van der Waals surface area contributed by atoms with Crippen molar-refractivity contribution < 1.29 is 13.9 Å². The van der Waals surface area contributed by atoms with Crippen LogP contribution in [0.1, 0.15) is 37.8 Å². The number of hydrogen-bond acceptors (Lipinski definition) is 6. The molecule has 0 fully saturated rings. The number of amides is 1. The van der Waals surface area contributed by atoms with E-state index in [-0.39, 0.29) is 24.3 Å². The van der Waals surface area contributed by atoms with Gasteiger partial charge in [-0.25, -0.2) is 14.2 Å². The Bertz CT molecular complexity index is 1080. The minimum Gasteiger partial charge on any atom is -0.450 e. The Balaban J connectivity index is 1.43. The summed E-state index contributed by atoms with van der Waals surface area (Å²) in [6.45, 7) is 3.85. The molecule has 0 atom stereocenters. The largest absolute Gasteiger partial charge is 0.450 e. The van der Waals surface area contributed by atoms with Gasteiger partial charge in [-0.15, -0.1) is 0 Å². The van der Waals surface area contributed by atoms with Crippen LogP contribution in [0.2, 0.25) is 10.3 Å². The highest BCUT2D eigenvalue weighted by atomic mass is 35.5. The summed E-state index contributed by atoms with van der Waals surface area (Å²) in [6, 6.07) is 5.06. The van der Waals surface area contributed by atoms with Gasteiger partial charge in [0.1, 0.15) is 11.2 Å². The highest BCUT2D eigenvalue weighted by molar-refractivity contribution is 6.32. The van der Waals surface area contributed by atoms with Gasteiger partial charge in [0, 0.05) is 18.7 Å². The number of ether oxygens (including phenoxy) is 1. The number of benzene rings is 1. The van der Waals surface area contributed by atoms with Crippen molar-refractivity contribution in [2.24, 2.45) is 0 Å². The Morgan fingerprint density at radius 3 is 2.81 bits per heavy atom. The van der Waals surface area contributed by atoms with Gasteiger partial charge in [-0.2, -0.15) is 9.97 Å². The molecule has 0 aliphatic carbocycles. The van der Waals surface area contributed by atoms with Crippen LogP contribution in [0.4, 0.5) is 15.0 Å². The van der Waals surface area contributed by atoms with E-state index >= 15 is 0 Å². The highest BCUT2D eigenvalue weighted by Crippen LogP contribution is 2.33. The first kappa shape index (κ1) is 23.0. The van der Waals surface area contributed by atoms with Crippen LogP contribution in [-0.4, -0.2) is 32.2 Å². The predicted molar refractivity (Wildman–Crippen MR) is 118 cm³/mol. The maximum atomic E-state index is 14.2. The van der Waals surface area contributed by atoms with Crippen LogP contribution in [0.5, 0.6) is 0 Å². The molecule has 0 bridgehead atoms. The second-order valence-corrected chi connectivity index (χ2v) is 8.15. The van der Waals surface area contributed by atoms with E-state index in [1.54, 1.807) is 24.5 Å². The van der Waals surface area contributed by atoms with Crippen molar-refractivity contribution in [2.75, 3.05) is 12.3 Å². The SMILES string of the molecule is CC(C)(F)c1cccc(CNC(=O)OCCCCn2cnc3c(N)nc(Cl)nc32)c1Cl. The van der Waals surface area contributed by atoms with E-state index in [9.17, 15) is 9.18 Å². The quantitative estimate of drug-likeness (QED) is 0.368. The number of carbonyl (C=O) groups is 1. The highest BCUT2D eigenvalue weighted by Gasteiger charge is 2.23. The normalized spacial score (nSPS) is 11.6. The number of halogens is 3. The molecule has 0 aliphatic heterocycles. The molecule has 11 heteroatoms. The Morgan fingerprint density at radius 1 is 1.29 bits per heavy atom. The van der Waals surface area contributed by atoms with E-state index < -0.39 is 11.8 Å². The lowest BCUT2D eigenvalue weighted by atomic mass is 9.98. The van der Waals surface area contributed by atoms with E-state index in [4.69, 9.17) is 33.7 Å². The van der Waals surface area contributed by atoms with Gasteiger partial charge in [0.15, 0.2) is 11.5 Å². The molecular weight excluding hydrogens is 446 g/mol. The lowest BCUT2D eigenvalue weighted by Crippen LogP contribution is -2.24. The second-order valence-electron chi connectivity index (χ2n) is 7.44. The van der Waals surface area contributed by atoms with Crippen LogP contribution >= 0.6 is 23.2 Å². The number of rotatable bonds is 8. The summed E-state index contributed by atoms with van der Waals surface area (Å²) in [4.78, 5) is 24.2. The van der Waals surface area contributed by atoms with Crippen LogP contribution in [0, 0.1) is 0 Å². The summed E-state index contributed by atoms with van der Waals surface area (Å²) in [7, 11) is 0. The minimum absolute atomic E-state index is 0.0625. The molecule has 166 valence electrons. The second kappa shape index (κ2) is 9.65. The van der Waals surface area contributed by atoms with Gasteiger partial charge in [-0.05, 0) is 43.9 Å². The number of hydrogen-bond donors (Lipinski definition) is 2. The third-order valence-corrected chi connectivity index (χ3v) is 5.25. The van der Waals surface area contributed by atoms with E-state index in [0.29, 0.717) is 40.3 Å². The van der Waals surface area contributed by atoms with Gasteiger partial charge in [0.2, 0.25) is 5.28 Å². The minimum atomic E-state index is -1.57. The Hall–Kier alpha value is -2.65. The van der Waals surface area contributed by atoms with E-state index in [0.717, 1.165) is 6.42 Å². The molecular formula is C20H23Cl2FN6O2. The molecule has 0 radical (unpaired) electrons. The maximum Gasteiger partial charge on any atom is 0.407 e. The number of aromatic nitrogens is 4. The first-order valence-electron chi connectivity index (χ1n) is 9.68. The summed E-state index contributed by atoms with van der Waals surface area (Å²) >= 11 is 12.1. The third-order valence-electron chi connectivity index (χ3n) is 4.63. The molecule has 3 rings (SSSR count). The van der Waals surface area contributed by atoms with Crippen molar-refractivity contribution in [3.8, 4) is 0 Å². The fourth-order valence-electron chi connectivity index (χ4n) is 3.05. The average Bonchev–Trinajstić information content (AvgIpc) is 3.09. The van der Waals surface area contributed by atoms with Crippen molar-refractivity contribution in [1.82, 2.24) is 24.8 Å². The molecule has 0 aliphatic rings. The fourth-order valence-corrected chi connectivity index (χ4v) is 3.63. The predicted octanol–water partition coefficient (Wildman–Crippen LogP) is 4.63. The number of alkyl carbamates (subject to hydrolysis) is 1. The number of alkyl halides is 1. The first-order chi connectivity index (χ1) is 14.7. The zero-order valence-electron chi connectivity index (χ0n) is 17.2. The number of aryl methyl sites for hydroxylation is 1. The number of imidazole rings is 1. The zero-order valence-corrected chi connectivity index (χ0v) is 18.7. The van der Waals surface area contributed by atoms with Crippen LogP contribution in [-0.2, 0) is 23.5 Å². The average molecular weight is 469 g/mol. The van der Waals surface area contributed by atoms with Crippen molar-refractivity contribution in [1.29, 1.82) is 0 Å². The molecule has 0 saturated carbocycles. The monoisotopic (exact) mass is 468 g/mol. The molecule has 1 amide bonds. The van der Waals surface area contributed by atoms with Gasteiger partial charge in [0.25, 0.3) is 0 Å². The molecule has 8 nitrogen and oxygen atoms in total. The van der Waals surface area contributed by atoms with Gasteiger partial charge in [0.05, 0.1) is 18.0 Å². The lowest BCUT2D eigenvalue weighted by molar-refractivity contribution is 0.143. The van der Waals surface area contributed by atoms with Crippen LogP contribution in [0.25, 0.3) is 11.2 Å². The molecule has 3 aromatic rings. The van der Waals surface area contributed by atoms with E-state index in [1.807, 2.05) is 4.57 Å². The molecule has 3 N–H and O–H groups in total. The maximum absolute atomic E-state index is 14.2. The Labute approximate surface area is 188 Å². The summed E-state index contributed by atoms with van der Waals surface area (Å²) in [5.74, 6) is 0.231. The number of carbonyl (C=O) groups excluding carboxylic acids is 1. The molecule has 1 aromatic carbocycles. The first-order valence-corrected chi connectivity index (χ1v) is 10.4. The number of unbranched alkanes of at least 4 members (excludes halogenated alkanes) is 1. The van der Waals surface area contributed by atoms with E-state index in [1.165, 1.54) is 13.8 Å². The number of fused-ring (bicyclic) bond motifs is 1. The number of nitrogen functional groups attached to an aromatic ring is 1. The van der Waals surface area contributed by atoms with Gasteiger partial charge < -0.3 is 20.4 Å². The Kier molecular flexibility index (Phi) is 7.17. The standard InChI is InChI=1S/C20H23Cl2FN6O2/c1-20(2,23)13-7-5-6-12(14(13)21)10-25-19(30)31-9-4-3-8-29-11-26-15-16(24)27-18(22)28-17(15)29/h5-7,11H,3-4,8-10H2,1-2H3,(H,25,30)(H2,24,27,28). The zero-order chi connectivity index (χ0) is 22.6. The lowest BCUT2D eigenvalue weighted by Gasteiger charge is -2.18. The topological polar surface area (TPSA) is 108 Å². The fraction of sp³-hybridized carbons (Fsp3) is 0.400. The molecule has 0 saturated heterocycles. The van der Waals surface area contributed by atoms with Crippen molar-refractivity contribution in [3.63, 3.8) is 0 Å². The van der Waals surface area contributed by atoms with Crippen LogP contribution in [0.15, 0.2) is 24.5 Å². The van der Waals surface area contributed by atoms with Gasteiger partial charge >= 0.3 is 6.09 Å². The van der Waals surface area contributed by atoms with Crippen molar-refractivity contribution in [3.05, 3.63) is 46.0 Å². The molecule has 2 heterocycles. The summed E-state index contributed by atoms with van der Waals surface area (Å²) < 4.78 is 21.2. The number of nitrogens with zero attached hydrogens (tertiary/aromatic N) is 4. The smallest absolute Gasteiger partial charge is 0.407 e.